The van der Waals surface area contributed by atoms with Gasteiger partial charge in [-0.2, -0.15) is 0 Å². The van der Waals surface area contributed by atoms with Crippen LogP contribution in [0.25, 0.3) is 0 Å². The molecule has 8 heteroatoms. The Labute approximate surface area is 132 Å². The van der Waals surface area contributed by atoms with Gasteiger partial charge >= 0.3 is 0 Å². The summed E-state index contributed by atoms with van der Waals surface area (Å²) in [6.45, 7) is 0.428. The number of fused-ring (bicyclic) bond motifs is 1. The Bertz CT molecular complexity index is 355. The predicted molar refractivity (Wildman–Crippen MR) is 81.1 cm³/mol. The van der Waals surface area contributed by atoms with Gasteiger partial charge in [0.1, 0.15) is 37.9 Å². The third kappa shape index (κ3) is 3.19. The standard InChI is InChI=1S/C12H21IN2O5/c1-15(2)12-14-8-9(20-12)7(13)10(18-5-16-3)11(8)19-6-17-4/h7-11H,5-6H2,1-4H3/t7-,8-,9-,10+,11+/m0/s1. The van der Waals surface area contributed by atoms with Crippen LogP contribution in [-0.2, 0) is 23.7 Å². The number of rotatable bonds is 6. The highest BCUT2D eigenvalue weighted by Gasteiger charge is 2.56. The zero-order chi connectivity index (χ0) is 14.7. The summed E-state index contributed by atoms with van der Waals surface area (Å²) in [6, 6.07) is 0.559. The van der Waals surface area contributed by atoms with Gasteiger partial charge in [-0.25, -0.2) is 4.99 Å². The van der Waals surface area contributed by atoms with Crippen molar-refractivity contribution in [2.45, 2.75) is 28.3 Å². The van der Waals surface area contributed by atoms with E-state index in [2.05, 4.69) is 27.6 Å². The molecule has 0 unspecified atom stereocenters. The second-order valence-electron chi connectivity index (χ2n) is 4.90. The fourth-order valence-electron chi connectivity index (χ4n) is 2.39. The zero-order valence-electron chi connectivity index (χ0n) is 12.1. The van der Waals surface area contributed by atoms with Crippen LogP contribution < -0.4 is 0 Å². The number of alkyl halides is 1. The maximum Gasteiger partial charge on any atom is 0.287 e. The summed E-state index contributed by atoms with van der Waals surface area (Å²) in [4.78, 5) is 6.47. The topological polar surface area (TPSA) is 61.8 Å². The average Bonchev–Trinajstić information content (AvgIpc) is 2.95. The monoisotopic (exact) mass is 400 g/mol. The van der Waals surface area contributed by atoms with Crippen molar-refractivity contribution >= 4 is 28.6 Å². The Balaban J connectivity index is 2.12. The van der Waals surface area contributed by atoms with E-state index >= 15 is 0 Å². The molecule has 0 radical (unpaired) electrons. The Hall–Kier alpha value is -0.160. The number of hydrogen-bond acceptors (Lipinski definition) is 7. The molecule has 5 atom stereocenters. The summed E-state index contributed by atoms with van der Waals surface area (Å²) in [5.74, 6) is 0. The van der Waals surface area contributed by atoms with Gasteiger partial charge in [0, 0.05) is 28.3 Å². The van der Waals surface area contributed by atoms with Crippen molar-refractivity contribution in [2.75, 3.05) is 41.9 Å². The van der Waals surface area contributed by atoms with Gasteiger partial charge in [-0.05, 0) is 0 Å². The molecule has 0 aromatic rings. The van der Waals surface area contributed by atoms with Crippen molar-refractivity contribution < 1.29 is 23.7 Å². The summed E-state index contributed by atoms with van der Waals surface area (Å²) in [5.41, 5.74) is 0. The minimum absolute atomic E-state index is 0.0447. The fraction of sp³-hybridized carbons (Fsp3) is 0.917. The van der Waals surface area contributed by atoms with Gasteiger partial charge in [0.15, 0.2) is 0 Å². The molecule has 0 aromatic heterocycles. The smallest absolute Gasteiger partial charge is 0.287 e. The second-order valence-corrected chi connectivity index (χ2v) is 6.34. The van der Waals surface area contributed by atoms with E-state index in [9.17, 15) is 0 Å². The summed E-state index contributed by atoms with van der Waals surface area (Å²) >= 11 is 2.33. The molecule has 7 nitrogen and oxygen atoms in total. The minimum Gasteiger partial charge on any atom is -0.458 e. The van der Waals surface area contributed by atoms with Gasteiger partial charge in [0.2, 0.25) is 0 Å². The molecule has 20 heavy (non-hydrogen) atoms. The van der Waals surface area contributed by atoms with Gasteiger partial charge in [-0.1, -0.05) is 22.6 Å². The largest absolute Gasteiger partial charge is 0.458 e. The molecule has 1 heterocycles. The Kier molecular flexibility index (Phi) is 5.84. The second kappa shape index (κ2) is 7.21. The average molecular weight is 400 g/mol. The van der Waals surface area contributed by atoms with Crippen molar-refractivity contribution in [3.05, 3.63) is 0 Å². The first-order chi connectivity index (χ1) is 9.60. The molecular weight excluding hydrogens is 379 g/mol. The normalized spacial score (nSPS) is 35.6. The predicted octanol–water partition coefficient (Wildman–Crippen LogP) is 0.467. The Morgan fingerprint density at radius 2 is 1.75 bits per heavy atom. The van der Waals surface area contributed by atoms with Crippen LogP contribution in [0.2, 0.25) is 0 Å². The molecule has 0 spiro atoms. The van der Waals surface area contributed by atoms with Crippen LogP contribution in [0.5, 0.6) is 0 Å². The molecule has 1 aliphatic carbocycles. The molecule has 0 saturated heterocycles. The van der Waals surface area contributed by atoms with Crippen LogP contribution in [0.4, 0.5) is 0 Å². The molecule has 0 aromatic carbocycles. The molecule has 1 saturated carbocycles. The first-order valence-corrected chi connectivity index (χ1v) is 7.61. The lowest BCUT2D eigenvalue weighted by Gasteiger charge is -2.24. The van der Waals surface area contributed by atoms with Crippen LogP contribution in [0.3, 0.4) is 0 Å². The van der Waals surface area contributed by atoms with Crippen LogP contribution in [-0.4, -0.2) is 81.1 Å². The van der Waals surface area contributed by atoms with E-state index in [-0.39, 0.29) is 41.9 Å². The summed E-state index contributed by atoms with van der Waals surface area (Å²) in [6.07, 6.45) is -0.376. The number of aliphatic imine (C=N–C) groups is 1. The van der Waals surface area contributed by atoms with Crippen molar-refractivity contribution in [3.63, 3.8) is 0 Å². The fourth-order valence-corrected chi connectivity index (χ4v) is 3.58. The van der Waals surface area contributed by atoms with Crippen LogP contribution in [0.1, 0.15) is 0 Å². The number of amidine groups is 1. The highest BCUT2D eigenvalue weighted by Crippen LogP contribution is 2.39. The van der Waals surface area contributed by atoms with E-state index in [4.69, 9.17) is 23.7 Å². The highest BCUT2D eigenvalue weighted by atomic mass is 127. The maximum absolute atomic E-state index is 5.91. The van der Waals surface area contributed by atoms with E-state index < -0.39 is 0 Å². The molecule has 0 amide bonds. The number of halogens is 1. The van der Waals surface area contributed by atoms with E-state index in [0.29, 0.717) is 6.02 Å². The highest BCUT2D eigenvalue weighted by molar-refractivity contribution is 14.1. The van der Waals surface area contributed by atoms with Crippen molar-refractivity contribution in [1.82, 2.24) is 4.90 Å². The lowest BCUT2D eigenvalue weighted by Crippen LogP contribution is -2.37. The third-order valence-corrected chi connectivity index (χ3v) is 4.68. The summed E-state index contributed by atoms with van der Waals surface area (Å²) < 4.78 is 27.5. The third-order valence-electron chi connectivity index (χ3n) is 3.26. The maximum atomic E-state index is 5.91. The summed E-state index contributed by atoms with van der Waals surface area (Å²) in [5, 5.41) is 0. The number of ether oxygens (including phenoxy) is 5. The van der Waals surface area contributed by atoms with E-state index in [1.165, 1.54) is 0 Å². The Morgan fingerprint density at radius 3 is 2.30 bits per heavy atom. The van der Waals surface area contributed by atoms with Gasteiger partial charge in [-0.15, -0.1) is 0 Å². The first kappa shape index (κ1) is 16.2. The molecule has 116 valence electrons. The van der Waals surface area contributed by atoms with Crippen molar-refractivity contribution in [1.29, 1.82) is 0 Å². The lowest BCUT2D eigenvalue weighted by atomic mass is 10.2. The molecule has 0 N–H and O–H groups in total. The first-order valence-electron chi connectivity index (χ1n) is 6.37. The van der Waals surface area contributed by atoms with Crippen molar-refractivity contribution in [2.24, 2.45) is 4.99 Å². The minimum atomic E-state index is -0.200. The number of nitrogens with zero attached hydrogens (tertiary/aromatic N) is 2. The van der Waals surface area contributed by atoms with Crippen LogP contribution in [0, 0.1) is 0 Å². The van der Waals surface area contributed by atoms with Gasteiger partial charge in [0.05, 0.1) is 3.92 Å². The Morgan fingerprint density at radius 1 is 1.15 bits per heavy atom. The van der Waals surface area contributed by atoms with E-state index in [1.54, 1.807) is 14.2 Å². The molecular formula is C12H21IN2O5. The molecule has 0 bridgehead atoms. The number of hydrogen-bond donors (Lipinski definition) is 0. The molecule has 1 aliphatic heterocycles. The zero-order valence-corrected chi connectivity index (χ0v) is 14.3. The van der Waals surface area contributed by atoms with Crippen molar-refractivity contribution in [3.8, 4) is 0 Å². The molecule has 1 fully saturated rings. The SMILES string of the molecule is COCO[C@@H]1[C@@H](I)[C@@H]2OC(N(C)C)=N[C@@H]2[C@H]1OCOC. The van der Waals surface area contributed by atoms with Gasteiger partial charge in [0.25, 0.3) is 6.02 Å². The van der Waals surface area contributed by atoms with Crippen LogP contribution in [0.15, 0.2) is 4.99 Å². The lowest BCUT2D eigenvalue weighted by molar-refractivity contribution is -0.146. The quantitative estimate of drug-likeness (QED) is 0.367. The summed E-state index contributed by atoms with van der Waals surface area (Å²) in [7, 11) is 7.01. The van der Waals surface area contributed by atoms with E-state index in [1.807, 2.05) is 19.0 Å². The van der Waals surface area contributed by atoms with Crippen LogP contribution >= 0.6 is 22.6 Å². The number of methoxy groups -OCH3 is 2. The molecule has 2 rings (SSSR count). The van der Waals surface area contributed by atoms with Gasteiger partial charge in [-0.3, -0.25) is 0 Å². The van der Waals surface area contributed by atoms with Gasteiger partial charge < -0.3 is 28.6 Å². The molecule has 2 aliphatic rings. The van der Waals surface area contributed by atoms with E-state index in [0.717, 1.165) is 0 Å².